The Labute approximate surface area is 157 Å². The smallest absolute Gasteiger partial charge is 0.239 e. The van der Waals surface area contributed by atoms with Gasteiger partial charge < -0.3 is 15.5 Å². The number of hydrogen-bond acceptors (Lipinski definition) is 3. The average molecular weight is 417 g/mol. The first kappa shape index (κ1) is 19.2. The van der Waals surface area contributed by atoms with Crippen molar-refractivity contribution in [3.05, 3.63) is 28.7 Å². The maximum absolute atomic E-state index is 12.6. The molecule has 0 bridgehead atoms. The van der Waals surface area contributed by atoms with Crippen molar-refractivity contribution in [2.75, 3.05) is 31.1 Å². The summed E-state index contributed by atoms with van der Waals surface area (Å²) in [6, 6.07) is 7.62. The first-order valence-corrected chi connectivity index (χ1v) is 9.00. The molecular weight excluding hydrogens is 394 g/mol. The van der Waals surface area contributed by atoms with Crippen molar-refractivity contribution in [1.29, 1.82) is 0 Å². The van der Waals surface area contributed by atoms with E-state index in [2.05, 4.69) is 26.6 Å². The van der Waals surface area contributed by atoms with E-state index in [1.165, 1.54) is 6.42 Å². The van der Waals surface area contributed by atoms with Crippen LogP contribution in [0.4, 0.5) is 5.69 Å². The largest absolute Gasteiger partial charge is 0.355 e. The lowest BCUT2D eigenvalue weighted by molar-refractivity contribution is -0.132. The summed E-state index contributed by atoms with van der Waals surface area (Å²) in [5, 5.41) is 6.27. The molecule has 24 heavy (non-hydrogen) atoms. The van der Waals surface area contributed by atoms with Gasteiger partial charge in [-0.3, -0.25) is 9.59 Å². The summed E-state index contributed by atoms with van der Waals surface area (Å²) in [6.45, 7) is 3.35. The number of nitrogens with one attached hydrogen (secondary N) is 2. The number of carbonyl (C=O) groups excluding carboxylic acids is 2. The van der Waals surface area contributed by atoms with Gasteiger partial charge in [0.05, 0.1) is 5.69 Å². The van der Waals surface area contributed by atoms with Crippen LogP contribution in [0.1, 0.15) is 19.3 Å². The molecule has 7 heteroatoms. The Morgan fingerprint density at radius 3 is 2.83 bits per heavy atom. The van der Waals surface area contributed by atoms with E-state index in [1.54, 1.807) is 4.90 Å². The minimum atomic E-state index is -0.552. The maximum Gasteiger partial charge on any atom is 0.239 e. The van der Waals surface area contributed by atoms with Gasteiger partial charge >= 0.3 is 0 Å². The molecule has 2 aliphatic rings. The molecule has 2 unspecified atom stereocenters. The third-order valence-electron chi connectivity index (χ3n) is 4.68. The van der Waals surface area contributed by atoms with Crippen LogP contribution in [0.2, 0.25) is 0 Å². The number of carbonyl (C=O) groups is 2. The SMILES string of the molecule is Cl.O=C(NCCC1CCNC1)C1CCN(c2ccccc2Br)C1=O. The highest BCUT2D eigenvalue weighted by molar-refractivity contribution is 9.10. The number of para-hydroxylation sites is 1. The molecular formula is C17H23BrClN3O2. The van der Waals surface area contributed by atoms with Crippen LogP contribution in [0.3, 0.4) is 0 Å². The highest BCUT2D eigenvalue weighted by Gasteiger charge is 2.38. The van der Waals surface area contributed by atoms with Gasteiger partial charge in [0.1, 0.15) is 5.92 Å². The Balaban J connectivity index is 0.00000208. The van der Waals surface area contributed by atoms with Gasteiger partial charge in [-0.2, -0.15) is 0 Å². The average Bonchev–Trinajstić information content (AvgIpc) is 3.18. The topological polar surface area (TPSA) is 61.4 Å². The molecule has 2 amide bonds. The van der Waals surface area contributed by atoms with E-state index >= 15 is 0 Å². The van der Waals surface area contributed by atoms with E-state index in [9.17, 15) is 9.59 Å². The molecule has 5 nitrogen and oxygen atoms in total. The van der Waals surface area contributed by atoms with Gasteiger partial charge in [0, 0.05) is 17.6 Å². The Morgan fingerprint density at radius 2 is 2.12 bits per heavy atom. The van der Waals surface area contributed by atoms with Crippen LogP contribution in [0, 0.1) is 11.8 Å². The van der Waals surface area contributed by atoms with Crippen LogP contribution in [0.5, 0.6) is 0 Å². The summed E-state index contributed by atoms with van der Waals surface area (Å²) in [6.07, 6.45) is 2.73. The normalized spacial score (nSPS) is 23.2. The van der Waals surface area contributed by atoms with Crippen LogP contribution in [0.25, 0.3) is 0 Å². The fourth-order valence-corrected chi connectivity index (χ4v) is 3.82. The number of rotatable bonds is 5. The van der Waals surface area contributed by atoms with Crippen molar-refractivity contribution >= 4 is 45.8 Å². The molecule has 2 atom stereocenters. The van der Waals surface area contributed by atoms with Crippen molar-refractivity contribution < 1.29 is 9.59 Å². The van der Waals surface area contributed by atoms with Crippen molar-refractivity contribution in [2.45, 2.75) is 19.3 Å². The molecule has 0 radical (unpaired) electrons. The molecule has 2 N–H and O–H groups in total. The summed E-state index contributed by atoms with van der Waals surface area (Å²) < 4.78 is 0.878. The molecule has 132 valence electrons. The molecule has 0 aromatic heterocycles. The Morgan fingerprint density at radius 1 is 1.33 bits per heavy atom. The lowest BCUT2D eigenvalue weighted by atomic mass is 10.0. The molecule has 0 aliphatic carbocycles. The number of benzene rings is 1. The van der Waals surface area contributed by atoms with Crippen LogP contribution in [-0.4, -0.2) is 38.0 Å². The lowest BCUT2D eigenvalue weighted by Crippen LogP contribution is -2.37. The van der Waals surface area contributed by atoms with E-state index in [0.717, 1.165) is 29.7 Å². The predicted octanol–water partition coefficient (Wildman–Crippen LogP) is 2.34. The maximum atomic E-state index is 12.6. The number of hydrogen-bond donors (Lipinski definition) is 2. The number of anilines is 1. The van der Waals surface area contributed by atoms with Crippen LogP contribution >= 0.6 is 28.3 Å². The summed E-state index contributed by atoms with van der Waals surface area (Å²) >= 11 is 3.47. The first-order valence-electron chi connectivity index (χ1n) is 8.21. The fourth-order valence-electron chi connectivity index (χ4n) is 3.32. The molecule has 1 aromatic rings. The molecule has 1 aromatic carbocycles. The number of halogens is 2. The predicted molar refractivity (Wildman–Crippen MR) is 100 cm³/mol. The minimum Gasteiger partial charge on any atom is -0.355 e. The zero-order valence-corrected chi connectivity index (χ0v) is 15.9. The minimum absolute atomic E-state index is 0. The van der Waals surface area contributed by atoms with Gasteiger partial charge in [-0.15, -0.1) is 12.4 Å². The van der Waals surface area contributed by atoms with Gasteiger partial charge in [-0.1, -0.05) is 12.1 Å². The van der Waals surface area contributed by atoms with Crippen LogP contribution in [-0.2, 0) is 9.59 Å². The third-order valence-corrected chi connectivity index (χ3v) is 5.35. The van der Waals surface area contributed by atoms with Crippen LogP contribution in [0.15, 0.2) is 28.7 Å². The van der Waals surface area contributed by atoms with Crippen molar-refractivity contribution in [2.24, 2.45) is 11.8 Å². The van der Waals surface area contributed by atoms with Gasteiger partial charge in [0.2, 0.25) is 11.8 Å². The first-order chi connectivity index (χ1) is 11.2. The summed E-state index contributed by atoms with van der Waals surface area (Å²) in [4.78, 5) is 26.6. The second-order valence-electron chi connectivity index (χ2n) is 6.22. The van der Waals surface area contributed by atoms with Gasteiger partial charge in [0.15, 0.2) is 0 Å². The quantitative estimate of drug-likeness (QED) is 0.724. The summed E-state index contributed by atoms with van der Waals surface area (Å²) in [5.41, 5.74) is 0.838. The lowest BCUT2D eigenvalue weighted by Gasteiger charge is -2.18. The van der Waals surface area contributed by atoms with Crippen molar-refractivity contribution in [3.63, 3.8) is 0 Å². The summed E-state index contributed by atoms with van der Waals surface area (Å²) in [7, 11) is 0. The van der Waals surface area contributed by atoms with E-state index in [-0.39, 0.29) is 24.2 Å². The Bertz CT molecular complexity index is 593. The second-order valence-corrected chi connectivity index (χ2v) is 7.08. The second kappa shape index (κ2) is 8.83. The molecule has 0 spiro atoms. The highest BCUT2D eigenvalue weighted by Crippen LogP contribution is 2.31. The third kappa shape index (κ3) is 4.29. The van der Waals surface area contributed by atoms with Crippen LogP contribution < -0.4 is 15.5 Å². The standard InChI is InChI=1S/C17H22BrN3O2.ClH/c18-14-3-1-2-4-15(14)21-10-7-13(17(21)23)16(22)20-9-6-12-5-8-19-11-12;/h1-4,12-13,19H,5-11H2,(H,20,22);1H. The summed E-state index contributed by atoms with van der Waals surface area (Å²) in [5.74, 6) is -0.136. The molecule has 2 saturated heterocycles. The van der Waals surface area contributed by atoms with Crippen molar-refractivity contribution in [3.8, 4) is 0 Å². The van der Waals surface area contributed by atoms with Gasteiger partial charge in [-0.05, 0) is 66.3 Å². The zero-order valence-electron chi connectivity index (χ0n) is 13.5. The van der Waals surface area contributed by atoms with E-state index < -0.39 is 5.92 Å². The van der Waals surface area contributed by atoms with E-state index in [4.69, 9.17) is 0 Å². The Kier molecular flexibility index (Phi) is 7.07. The number of amides is 2. The van der Waals surface area contributed by atoms with Crippen molar-refractivity contribution in [1.82, 2.24) is 10.6 Å². The molecule has 2 heterocycles. The van der Waals surface area contributed by atoms with E-state index in [1.807, 2.05) is 24.3 Å². The molecule has 3 rings (SSSR count). The van der Waals surface area contributed by atoms with Gasteiger partial charge in [-0.25, -0.2) is 0 Å². The molecule has 0 saturated carbocycles. The fraction of sp³-hybridized carbons (Fsp3) is 0.529. The highest BCUT2D eigenvalue weighted by atomic mass is 79.9. The molecule has 2 aliphatic heterocycles. The van der Waals surface area contributed by atoms with Gasteiger partial charge in [0.25, 0.3) is 0 Å². The van der Waals surface area contributed by atoms with E-state index in [0.29, 0.717) is 25.4 Å². The Hall–Kier alpha value is -1.11. The number of nitrogens with zero attached hydrogens (tertiary/aromatic N) is 1. The molecule has 2 fully saturated rings. The monoisotopic (exact) mass is 415 g/mol. The zero-order chi connectivity index (χ0) is 16.2.